The van der Waals surface area contributed by atoms with Crippen LogP contribution in [0.1, 0.15) is 19.4 Å². The Morgan fingerprint density at radius 1 is 1.44 bits per heavy atom. The number of nitrogens with zero attached hydrogens (tertiary/aromatic N) is 1. The molecule has 6 nitrogen and oxygen atoms in total. The molecule has 0 fully saturated rings. The molecular formula is C9H16N4O2S. The second kappa shape index (κ2) is 5.24. The van der Waals surface area contributed by atoms with E-state index in [9.17, 15) is 8.42 Å². The van der Waals surface area contributed by atoms with E-state index in [1.807, 2.05) is 0 Å². The van der Waals surface area contributed by atoms with E-state index in [2.05, 4.69) is 14.4 Å². The zero-order valence-electron chi connectivity index (χ0n) is 9.27. The van der Waals surface area contributed by atoms with Crippen LogP contribution in [0.25, 0.3) is 0 Å². The number of pyridine rings is 1. The van der Waals surface area contributed by atoms with Crippen molar-refractivity contribution in [1.29, 1.82) is 0 Å². The fraction of sp³-hybridized carbons (Fsp3) is 0.444. The minimum absolute atomic E-state index is 0.166. The fourth-order valence-electron chi connectivity index (χ4n) is 1.08. The summed E-state index contributed by atoms with van der Waals surface area (Å²) in [6.07, 6.45) is 1.53. The van der Waals surface area contributed by atoms with Crippen molar-refractivity contribution >= 4 is 16.0 Å². The number of nitrogens with two attached hydrogens (primary N) is 1. The first-order valence-electron chi connectivity index (χ1n) is 4.88. The molecule has 1 heterocycles. The van der Waals surface area contributed by atoms with Crippen LogP contribution in [0.4, 0.5) is 5.82 Å². The van der Waals surface area contributed by atoms with Gasteiger partial charge < -0.3 is 5.73 Å². The lowest BCUT2D eigenvalue weighted by molar-refractivity contribution is 0.575. The van der Waals surface area contributed by atoms with Gasteiger partial charge in [-0.2, -0.15) is 13.1 Å². The molecule has 1 aromatic rings. The summed E-state index contributed by atoms with van der Waals surface area (Å²) in [5.74, 6) is 0.269. The van der Waals surface area contributed by atoms with Gasteiger partial charge in [-0.15, -0.1) is 0 Å². The number of hydrogen-bond acceptors (Lipinski definition) is 4. The number of nitrogens with one attached hydrogen (secondary N) is 2. The molecule has 0 unspecified atom stereocenters. The first-order chi connectivity index (χ1) is 7.43. The lowest BCUT2D eigenvalue weighted by Gasteiger charge is -2.10. The summed E-state index contributed by atoms with van der Waals surface area (Å²) >= 11 is 0. The molecule has 0 aromatic carbocycles. The molecular weight excluding hydrogens is 228 g/mol. The van der Waals surface area contributed by atoms with Crippen LogP contribution < -0.4 is 15.2 Å². The average molecular weight is 244 g/mol. The Morgan fingerprint density at radius 2 is 2.12 bits per heavy atom. The second-order valence-electron chi connectivity index (χ2n) is 3.63. The molecule has 1 aromatic heterocycles. The summed E-state index contributed by atoms with van der Waals surface area (Å²) in [7, 11) is -3.55. The standard InChI is InChI=1S/C9H16N4O2S/c1-7(2)12-16(14,15)13-9-4-3-8(5-10)6-11-9/h3-4,6-7,12H,5,10H2,1-2H3,(H,11,13). The van der Waals surface area contributed by atoms with Crippen LogP contribution in [0.3, 0.4) is 0 Å². The molecule has 0 saturated carbocycles. The molecule has 90 valence electrons. The summed E-state index contributed by atoms with van der Waals surface area (Å²) in [6.45, 7) is 3.86. The number of rotatable bonds is 5. The van der Waals surface area contributed by atoms with Gasteiger partial charge in [-0.25, -0.2) is 4.98 Å². The maximum Gasteiger partial charge on any atom is 0.300 e. The number of hydrogen-bond donors (Lipinski definition) is 3. The van der Waals surface area contributed by atoms with Gasteiger partial charge in [0.15, 0.2) is 0 Å². The molecule has 1 rings (SSSR count). The van der Waals surface area contributed by atoms with Crippen molar-refractivity contribution in [3.8, 4) is 0 Å². The molecule has 0 amide bonds. The first kappa shape index (κ1) is 12.9. The van der Waals surface area contributed by atoms with Crippen molar-refractivity contribution in [3.63, 3.8) is 0 Å². The highest BCUT2D eigenvalue weighted by Crippen LogP contribution is 2.06. The first-order valence-corrected chi connectivity index (χ1v) is 6.36. The molecule has 16 heavy (non-hydrogen) atoms. The maximum atomic E-state index is 11.5. The summed E-state index contributed by atoms with van der Waals surface area (Å²) in [5.41, 5.74) is 6.25. The zero-order chi connectivity index (χ0) is 12.2. The van der Waals surface area contributed by atoms with Gasteiger partial charge in [0.05, 0.1) is 0 Å². The summed E-state index contributed by atoms with van der Waals surface area (Å²) in [6, 6.07) is 3.13. The fourth-order valence-corrected chi connectivity index (χ4v) is 2.16. The third-order valence-corrected chi connectivity index (χ3v) is 2.95. The lowest BCUT2D eigenvalue weighted by atomic mass is 10.3. The molecule has 0 atom stereocenters. The van der Waals surface area contributed by atoms with Crippen molar-refractivity contribution < 1.29 is 8.42 Å². The highest BCUT2D eigenvalue weighted by molar-refractivity contribution is 7.90. The molecule has 0 spiro atoms. The summed E-state index contributed by atoms with van der Waals surface area (Å²) < 4.78 is 27.7. The molecule has 0 aliphatic heterocycles. The van der Waals surface area contributed by atoms with E-state index in [-0.39, 0.29) is 11.9 Å². The van der Waals surface area contributed by atoms with Gasteiger partial charge in [-0.3, -0.25) is 4.72 Å². The molecule has 7 heteroatoms. The quantitative estimate of drug-likeness (QED) is 0.689. The van der Waals surface area contributed by atoms with Gasteiger partial charge in [-0.1, -0.05) is 6.07 Å². The Hall–Kier alpha value is -1.18. The number of aromatic nitrogens is 1. The third-order valence-electron chi connectivity index (χ3n) is 1.69. The molecule has 0 aliphatic carbocycles. The van der Waals surface area contributed by atoms with Crippen molar-refractivity contribution in [2.24, 2.45) is 5.73 Å². The summed E-state index contributed by atoms with van der Waals surface area (Å²) in [4.78, 5) is 3.93. The molecule has 0 aliphatic rings. The largest absolute Gasteiger partial charge is 0.326 e. The second-order valence-corrected chi connectivity index (χ2v) is 5.08. The van der Waals surface area contributed by atoms with Crippen LogP contribution in [0, 0.1) is 0 Å². The van der Waals surface area contributed by atoms with Crippen molar-refractivity contribution in [2.45, 2.75) is 26.4 Å². The predicted octanol–water partition coefficient (Wildman–Crippen LogP) is 0.195. The van der Waals surface area contributed by atoms with E-state index in [1.54, 1.807) is 26.0 Å². The van der Waals surface area contributed by atoms with E-state index in [4.69, 9.17) is 5.73 Å². The van der Waals surface area contributed by atoms with Crippen LogP contribution in [-0.2, 0) is 16.8 Å². The molecule has 0 radical (unpaired) electrons. The normalized spacial score (nSPS) is 11.8. The van der Waals surface area contributed by atoms with Gasteiger partial charge >= 0.3 is 0 Å². The van der Waals surface area contributed by atoms with E-state index in [1.165, 1.54) is 6.20 Å². The van der Waals surface area contributed by atoms with Gasteiger partial charge in [0.25, 0.3) is 10.2 Å². The number of anilines is 1. The average Bonchev–Trinajstić information content (AvgIpc) is 2.16. The SMILES string of the molecule is CC(C)NS(=O)(=O)Nc1ccc(CN)cn1. The summed E-state index contributed by atoms with van der Waals surface area (Å²) in [5, 5.41) is 0. The highest BCUT2D eigenvalue weighted by Gasteiger charge is 2.11. The lowest BCUT2D eigenvalue weighted by Crippen LogP contribution is -2.35. The molecule has 0 saturated heterocycles. The van der Waals surface area contributed by atoms with Crippen molar-refractivity contribution in [3.05, 3.63) is 23.9 Å². The van der Waals surface area contributed by atoms with E-state index in [0.717, 1.165) is 5.56 Å². The minimum atomic E-state index is -3.55. The predicted molar refractivity (Wildman–Crippen MR) is 62.9 cm³/mol. The Kier molecular flexibility index (Phi) is 4.22. The third kappa shape index (κ3) is 4.13. The van der Waals surface area contributed by atoms with E-state index < -0.39 is 10.2 Å². The monoisotopic (exact) mass is 244 g/mol. The van der Waals surface area contributed by atoms with E-state index in [0.29, 0.717) is 6.54 Å². The smallest absolute Gasteiger partial charge is 0.300 e. The maximum absolute atomic E-state index is 11.5. The highest BCUT2D eigenvalue weighted by atomic mass is 32.2. The van der Waals surface area contributed by atoms with Crippen LogP contribution >= 0.6 is 0 Å². The van der Waals surface area contributed by atoms with Crippen molar-refractivity contribution in [1.82, 2.24) is 9.71 Å². The van der Waals surface area contributed by atoms with Crippen LogP contribution in [0.15, 0.2) is 18.3 Å². The van der Waals surface area contributed by atoms with Crippen LogP contribution in [0.2, 0.25) is 0 Å². The Labute approximate surface area is 95.4 Å². The van der Waals surface area contributed by atoms with Gasteiger partial charge in [-0.05, 0) is 25.5 Å². The molecule has 0 bridgehead atoms. The zero-order valence-corrected chi connectivity index (χ0v) is 10.1. The van der Waals surface area contributed by atoms with Crippen molar-refractivity contribution in [2.75, 3.05) is 4.72 Å². The van der Waals surface area contributed by atoms with Gasteiger partial charge in [0.2, 0.25) is 0 Å². The topological polar surface area (TPSA) is 97.1 Å². The van der Waals surface area contributed by atoms with Crippen LogP contribution in [-0.4, -0.2) is 19.4 Å². The molecule has 4 N–H and O–H groups in total. The van der Waals surface area contributed by atoms with Gasteiger partial charge in [0, 0.05) is 18.8 Å². The van der Waals surface area contributed by atoms with Crippen LogP contribution in [0.5, 0.6) is 0 Å². The minimum Gasteiger partial charge on any atom is -0.326 e. The Bertz CT molecular complexity index is 427. The van der Waals surface area contributed by atoms with Gasteiger partial charge in [0.1, 0.15) is 5.82 Å². The Balaban J connectivity index is 2.72. The van der Waals surface area contributed by atoms with E-state index >= 15 is 0 Å². The Morgan fingerprint density at radius 3 is 2.56 bits per heavy atom.